The van der Waals surface area contributed by atoms with Crippen LogP contribution in [0.5, 0.6) is 0 Å². The number of fused-ring (bicyclic) bond motifs is 4. The Morgan fingerprint density at radius 2 is 1.44 bits per heavy atom. The van der Waals surface area contributed by atoms with Gasteiger partial charge in [-0.1, -0.05) is 54.6 Å². The summed E-state index contributed by atoms with van der Waals surface area (Å²) in [4.78, 5) is 19.1. The number of hydrogen-bond donors (Lipinski definition) is 1. The minimum atomic E-state index is 0.0700. The summed E-state index contributed by atoms with van der Waals surface area (Å²) in [6.45, 7) is 0. The van der Waals surface area contributed by atoms with E-state index >= 15 is 0 Å². The lowest BCUT2D eigenvalue weighted by Gasteiger charge is -2.01. The summed E-state index contributed by atoms with van der Waals surface area (Å²) in [6, 6.07) is 25.4. The summed E-state index contributed by atoms with van der Waals surface area (Å²) < 4.78 is 0. The van der Waals surface area contributed by atoms with Gasteiger partial charge in [0.2, 0.25) is 0 Å². The number of pyridine rings is 2. The molecular formula is C22H16N2O. The van der Waals surface area contributed by atoms with Gasteiger partial charge in [-0.2, -0.15) is 0 Å². The molecule has 0 unspecified atom stereocenters. The van der Waals surface area contributed by atoms with E-state index in [9.17, 15) is 4.79 Å². The molecule has 2 heterocycles. The lowest BCUT2D eigenvalue weighted by molar-refractivity contribution is 1.41. The fourth-order valence-electron chi connectivity index (χ4n) is 2.96. The van der Waals surface area contributed by atoms with Gasteiger partial charge in [0.1, 0.15) is 0 Å². The predicted molar refractivity (Wildman–Crippen MR) is 104 cm³/mol. The molecule has 1 N–H and O–H groups in total. The van der Waals surface area contributed by atoms with Gasteiger partial charge in [-0.25, -0.2) is 0 Å². The summed E-state index contributed by atoms with van der Waals surface area (Å²) in [5.74, 6) is 0. The highest BCUT2D eigenvalue weighted by molar-refractivity contribution is 6.04. The van der Waals surface area contributed by atoms with Crippen molar-refractivity contribution in [1.29, 1.82) is 0 Å². The number of nitrogens with zero attached hydrogens (tertiary/aromatic N) is 1. The molecule has 3 heteroatoms. The van der Waals surface area contributed by atoms with E-state index in [1.54, 1.807) is 12.1 Å². The Morgan fingerprint density at radius 1 is 0.680 bits per heavy atom. The number of nitrogens with one attached hydrogen (secondary N) is 1. The van der Waals surface area contributed by atoms with Crippen LogP contribution in [-0.2, 0) is 0 Å². The molecule has 3 nitrogen and oxygen atoms in total. The van der Waals surface area contributed by atoms with Crippen LogP contribution in [0, 0.1) is 0 Å². The van der Waals surface area contributed by atoms with Crippen LogP contribution < -0.4 is 5.43 Å². The summed E-state index contributed by atoms with van der Waals surface area (Å²) >= 11 is 0. The van der Waals surface area contributed by atoms with Gasteiger partial charge in [-0.3, -0.25) is 9.78 Å². The van der Waals surface area contributed by atoms with Crippen LogP contribution in [0.1, 0.15) is 0 Å². The van der Waals surface area contributed by atoms with Gasteiger partial charge >= 0.3 is 0 Å². The first kappa shape index (κ1) is 15.1. The van der Waals surface area contributed by atoms with Gasteiger partial charge < -0.3 is 4.98 Å². The van der Waals surface area contributed by atoms with Crippen molar-refractivity contribution in [3.8, 4) is 0 Å². The highest BCUT2D eigenvalue weighted by Gasteiger charge is 2.02. The van der Waals surface area contributed by atoms with Crippen molar-refractivity contribution in [3.63, 3.8) is 0 Å². The number of rotatable bonds is 0. The highest BCUT2D eigenvalue weighted by atomic mass is 16.1. The molecule has 0 aliphatic rings. The average Bonchev–Trinajstić information content (AvgIpc) is 2.68. The number of H-pyrrole nitrogens is 1. The second kappa shape index (κ2) is 6.57. The van der Waals surface area contributed by atoms with E-state index in [-0.39, 0.29) is 5.43 Å². The lowest BCUT2D eigenvalue weighted by Crippen LogP contribution is -1.99. The Morgan fingerprint density at radius 3 is 2.36 bits per heavy atom. The van der Waals surface area contributed by atoms with E-state index in [0.29, 0.717) is 0 Å². The van der Waals surface area contributed by atoms with Gasteiger partial charge in [0.05, 0.1) is 16.4 Å². The van der Waals surface area contributed by atoms with Crippen LogP contribution in [0.25, 0.3) is 32.6 Å². The van der Waals surface area contributed by atoms with Gasteiger partial charge in [0.15, 0.2) is 5.43 Å². The Kier molecular flexibility index (Phi) is 3.97. The van der Waals surface area contributed by atoms with Crippen LogP contribution in [0.3, 0.4) is 0 Å². The third-order valence-corrected chi connectivity index (χ3v) is 4.15. The normalized spacial score (nSPS) is 10.6. The topological polar surface area (TPSA) is 45.8 Å². The zero-order valence-electron chi connectivity index (χ0n) is 13.5. The van der Waals surface area contributed by atoms with Crippen LogP contribution in [0.2, 0.25) is 0 Å². The Hall–Kier alpha value is -3.46. The molecule has 0 aliphatic heterocycles. The molecule has 0 radical (unpaired) electrons. The molecule has 0 fully saturated rings. The van der Waals surface area contributed by atoms with E-state index in [1.807, 2.05) is 67.0 Å². The molecule has 0 spiro atoms. The third-order valence-electron chi connectivity index (χ3n) is 4.15. The molecule has 25 heavy (non-hydrogen) atoms. The fraction of sp³-hybridized carbons (Fsp3) is 0. The predicted octanol–water partition coefficient (Wildman–Crippen LogP) is 4.92. The zero-order chi connectivity index (χ0) is 17.1. The van der Waals surface area contributed by atoms with Gasteiger partial charge in [-0.15, -0.1) is 0 Å². The zero-order valence-corrected chi connectivity index (χ0v) is 13.5. The van der Waals surface area contributed by atoms with Gasteiger partial charge in [0, 0.05) is 17.8 Å². The van der Waals surface area contributed by atoms with Crippen LogP contribution in [0.4, 0.5) is 0 Å². The quantitative estimate of drug-likeness (QED) is 0.411. The number of para-hydroxylation sites is 1. The van der Waals surface area contributed by atoms with E-state index in [2.05, 4.69) is 22.1 Å². The maximum Gasteiger partial charge on any atom is 0.188 e. The van der Waals surface area contributed by atoms with Crippen LogP contribution in [-0.4, -0.2) is 9.97 Å². The molecule has 5 aromatic rings. The molecule has 0 atom stereocenters. The van der Waals surface area contributed by atoms with E-state index in [4.69, 9.17) is 0 Å². The van der Waals surface area contributed by atoms with Crippen molar-refractivity contribution in [1.82, 2.24) is 9.97 Å². The maximum absolute atomic E-state index is 11.8. The van der Waals surface area contributed by atoms with Crippen molar-refractivity contribution in [2.75, 3.05) is 0 Å². The first-order valence-corrected chi connectivity index (χ1v) is 8.12. The second-order valence-electron chi connectivity index (χ2n) is 5.75. The monoisotopic (exact) mass is 324 g/mol. The Balaban J connectivity index is 0.000000136. The van der Waals surface area contributed by atoms with Crippen molar-refractivity contribution >= 4 is 32.6 Å². The summed E-state index contributed by atoms with van der Waals surface area (Å²) in [6.07, 6.45) is 3.65. The molecule has 0 aliphatic carbocycles. The second-order valence-corrected chi connectivity index (χ2v) is 5.75. The molecule has 0 amide bonds. The number of aromatic nitrogens is 2. The van der Waals surface area contributed by atoms with Gasteiger partial charge in [0.25, 0.3) is 0 Å². The van der Waals surface area contributed by atoms with Crippen molar-refractivity contribution < 1.29 is 0 Å². The molecule has 120 valence electrons. The van der Waals surface area contributed by atoms with E-state index in [1.165, 1.54) is 5.39 Å². The Bertz CT molecular complexity index is 1160. The minimum absolute atomic E-state index is 0.0700. The summed E-state index contributed by atoms with van der Waals surface area (Å²) in [7, 11) is 0. The lowest BCUT2D eigenvalue weighted by atomic mass is 10.1. The standard InChI is InChI=1S/C13H9NO.C9H7N/c15-11-5-1-3-9-6-7-10-4-2-8-14-13(10)12(9)11;1-2-6-9-8(4-1)5-3-7-10-9/h1-8,14H;1-7H. The summed E-state index contributed by atoms with van der Waals surface area (Å²) in [5.41, 5.74) is 2.05. The smallest absolute Gasteiger partial charge is 0.188 e. The number of hydrogen-bond acceptors (Lipinski definition) is 2. The molecule has 0 saturated carbocycles. The van der Waals surface area contributed by atoms with Gasteiger partial charge in [-0.05, 0) is 35.0 Å². The largest absolute Gasteiger partial charge is 0.361 e. The summed E-state index contributed by atoms with van der Waals surface area (Å²) in [5, 5.41) is 4.02. The van der Waals surface area contributed by atoms with E-state index < -0.39 is 0 Å². The minimum Gasteiger partial charge on any atom is -0.361 e. The third kappa shape index (κ3) is 3.00. The number of benzene rings is 3. The highest BCUT2D eigenvalue weighted by Crippen LogP contribution is 2.19. The molecule has 2 aromatic heterocycles. The SMILES string of the molecule is O=c1cccc2ccc3ccc[nH]c3c12.c1ccc2ncccc2c1. The first-order chi connectivity index (χ1) is 12.3. The molecule has 0 saturated heterocycles. The first-order valence-electron chi connectivity index (χ1n) is 8.12. The molecule has 3 aromatic carbocycles. The molecule has 0 bridgehead atoms. The van der Waals surface area contributed by atoms with Crippen molar-refractivity contribution in [2.24, 2.45) is 0 Å². The number of aromatic amines is 1. The van der Waals surface area contributed by atoms with Crippen LogP contribution in [0.15, 0.2) is 96.1 Å². The molecular weight excluding hydrogens is 308 g/mol. The van der Waals surface area contributed by atoms with Crippen molar-refractivity contribution in [2.45, 2.75) is 0 Å². The van der Waals surface area contributed by atoms with Crippen LogP contribution >= 0.6 is 0 Å². The molecule has 5 rings (SSSR count). The fourth-order valence-corrected chi connectivity index (χ4v) is 2.96. The van der Waals surface area contributed by atoms with E-state index in [0.717, 1.165) is 27.2 Å². The van der Waals surface area contributed by atoms with Crippen molar-refractivity contribution in [3.05, 3.63) is 101 Å². The maximum atomic E-state index is 11.8. The Labute approximate surface area is 144 Å². The average molecular weight is 324 g/mol.